The molecule has 0 unspecified atom stereocenters. The maximum absolute atomic E-state index is 13.0. The average Bonchev–Trinajstić information content (AvgIpc) is 3.03. The van der Waals surface area contributed by atoms with E-state index in [9.17, 15) is 4.79 Å². The van der Waals surface area contributed by atoms with Crippen LogP contribution in [0.1, 0.15) is 35.7 Å². The van der Waals surface area contributed by atoms with Crippen molar-refractivity contribution in [3.8, 4) is 11.5 Å². The number of rotatable bonds is 6. The molecule has 1 aromatic heterocycles. The van der Waals surface area contributed by atoms with E-state index in [0.717, 1.165) is 10.2 Å². The molecule has 28 heavy (non-hydrogen) atoms. The summed E-state index contributed by atoms with van der Waals surface area (Å²) in [7, 11) is 3.05. The summed E-state index contributed by atoms with van der Waals surface area (Å²) >= 11 is 1.49. The second-order valence-corrected chi connectivity index (χ2v) is 7.63. The summed E-state index contributed by atoms with van der Waals surface area (Å²) in [6, 6.07) is 11.6. The van der Waals surface area contributed by atoms with Crippen molar-refractivity contribution in [3.05, 3.63) is 65.0 Å². The lowest BCUT2D eigenvalue weighted by Crippen LogP contribution is -2.16. The number of thiazole rings is 1. The van der Waals surface area contributed by atoms with Crippen LogP contribution in [0.4, 0.5) is 0 Å². The largest absolute Gasteiger partial charge is 0.496 e. The minimum Gasteiger partial charge on any atom is -0.496 e. The fourth-order valence-electron chi connectivity index (χ4n) is 3.04. The van der Waals surface area contributed by atoms with Crippen molar-refractivity contribution in [1.29, 1.82) is 0 Å². The predicted molar refractivity (Wildman–Crippen MR) is 114 cm³/mol. The average molecular weight is 397 g/mol. The van der Waals surface area contributed by atoms with Crippen LogP contribution in [0.15, 0.2) is 54.0 Å². The van der Waals surface area contributed by atoms with Crippen molar-refractivity contribution in [2.75, 3.05) is 14.2 Å². The van der Waals surface area contributed by atoms with E-state index >= 15 is 0 Å². The van der Waals surface area contributed by atoms with Gasteiger partial charge in [-0.1, -0.05) is 43.4 Å². The summed E-state index contributed by atoms with van der Waals surface area (Å²) < 4.78 is 13.8. The first-order valence-electron chi connectivity index (χ1n) is 9.04. The van der Waals surface area contributed by atoms with Crippen molar-refractivity contribution in [3.63, 3.8) is 0 Å². The molecule has 0 N–H and O–H groups in total. The number of benzene rings is 2. The molecule has 0 aliphatic heterocycles. The molecular weight excluding hydrogens is 372 g/mol. The van der Waals surface area contributed by atoms with Crippen LogP contribution in [0.5, 0.6) is 11.5 Å². The first-order valence-corrected chi connectivity index (χ1v) is 9.86. The van der Waals surface area contributed by atoms with Crippen molar-refractivity contribution in [2.45, 2.75) is 26.3 Å². The SMILES string of the molecule is C=CCn1c(=NC(=O)c2c(OC)cccc2OC)sc2cc(C(C)C)ccc21. The van der Waals surface area contributed by atoms with Gasteiger partial charge in [0.25, 0.3) is 5.91 Å². The molecule has 0 atom stereocenters. The number of allylic oxidation sites excluding steroid dienone is 1. The van der Waals surface area contributed by atoms with Crippen LogP contribution in [0.3, 0.4) is 0 Å². The Morgan fingerprint density at radius 3 is 2.46 bits per heavy atom. The van der Waals surface area contributed by atoms with E-state index in [4.69, 9.17) is 9.47 Å². The van der Waals surface area contributed by atoms with Crippen molar-refractivity contribution >= 4 is 27.5 Å². The Kier molecular flexibility index (Phi) is 5.99. The van der Waals surface area contributed by atoms with Gasteiger partial charge in [-0.05, 0) is 35.7 Å². The molecule has 0 radical (unpaired) electrons. The molecule has 2 aromatic carbocycles. The molecule has 146 valence electrons. The molecule has 0 aliphatic carbocycles. The van der Waals surface area contributed by atoms with Gasteiger partial charge < -0.3 is 14.0 Å². The van der Waals surface area contributed by atoms with Gasteiger partial charge in [-0.15, -0.1) is 6.58 Å². The lowest BCUT2D eigenvalue weighted by atomic mass is 10.0. The van der Waals surface area contributed by atoms with Gasteiger partial charge in [0.05, 0.1) is 24.4 Å². The van der Waals surface area contributed by atoms with Gasteiger partial charge in [0.15, 0.2) is 4.80 Å². The second kappa shape index (κ2) is 8.44. The maximum atomic E-state index is 13.0. The van der Waals surface area contributed by atoms with Crippen LogP contribution in [0.2, 0.25) is 0 Å². The molecule has 3 aromatic rings. The molecule has 0 saturated carbocycles. The van der Waals surface area contributed by atoms with E-state index in [1.165, 1.54) is 31.1 Å². The fourth-order valence-corrected chi connectivity index (χ4v) is 4.13. The highest BCUT2D eigenvalue weighted by Crippen LogP contribution is 2.29. The van der Waals surface area contributed by atoms with Gasteiger partial charge in [0.1, 0.15) is 17.1 Å². The Balaban J connectivity index is 2.20. The third kappa shape index (κ3) is 3.73. The summed E-state index contributed by atoms with van der Waals surface area (Å²) in [5.41, 5.74) is 2.61. The highest BCUT2D eigenvalue weighted by atomic mass is 32.1. The molecule has 0 bridgehead atoms. The van der Waals surface area contributed by atoms with E-state index in [1.54, 1.807) is 24.3 Å². The van der Waals surface area contributed by atoms with Gasteiger partial charge >= 0.3 is 0 Å². The third-order valence-corrected chi connectivity index (χ3v) is 5.57. The normalized spacial score (nSPS) is 11.8. The Hall–Kier alpha value is -2.86. The number of hydrogen-bond acceptors (Lipinski definition) is 4. The highest BCUT2D eigenvalue weighted by molar-refractivity contribution is 7.16. The maximum Gasteiger partial charge on any atom is 0.287 e. The lowest BCUT2D eigenvalue weighted by Gasteiger charge is -2.09. The first-order chi connectivity index (χ1) is 13.5. The monoisotopic (exact) mass is 396 g/mol. The van der Waals surface area contributed by atoms with Crippen LogP contribution in [0, 0.1) is 0 Å². The van der Waals surface area contributed by atoms with Gasteiger partial charge in [0.2, 0.25) is 0 Å². The summed E-state index contributed by atoms with van der Waals surface area (Å²) in [5, 5.41) is 0. The fraction of sp³-hybridized carbons (Fsp3) is 0.273. The molecule has 5 nitrogen and oxygen atoms in total. The van der Waals surface area contributed by atoms with E-state index in [2.05, 4.69) is 43.6 Å². The molecule has 6 heteroatoms. The number of methoxy groups -OCH3 is 2. The number of ether oxygens (including phenoxy) is 2. The van der Waals surface area contributed by atoms with Crippen molar-refractivity contribution in [1.82, 2.24) is 4.57 Å². The molecular formula is C22H24N2O3S. The van der Waals surface area contributed by atoms with Crippen LogP contribution < -0.4 is 14.3 Å². The minimum absolute atomic E-state index is 0.318. The number of fused-ring (bicyclic) bond motifs is 1. The number of amides is 1. The van der Waals surface area contributed by atoms with Gasteiger partial charge in [-0.2, -0.15) is 4.99 Å². The van der Waals surface area contributed by atoms with Crippen LogP contribution in [0.25, 0.3) is 10.2 Å². The second-order valence-electron chi connectivity index (χ2n) is 6.62. The molecule has 0 fully saturated rings. The Labute approximate surface area is 168 Å². The summed E-state index contributed by atoms with van der Waals surface area (Å²) in [4.78, 5) is 18.1. The molecule has 1 amide bonds. The molecule has 0 aliphatic rings. The number of nitrogens with zero attached hydrogens (tertiary/aromatic N) is 2. The standard InChI is InChI=1S/C22H24N2O3S/c1-6-12-24-16-11-10-15(14(2)3)13-19(16)28-22(24)23-21(25)20-17(26-4)8-7-9-18(20)27-5/h6-11,13-14H,1,12H2,2-5H3. The van der Waals surface area contributed by atoms with Crippen molar-refractivity contribution < 1.29 is 14.3 Å². The zero-order valence-electron chi connectivity index (χ0n) is 16.6. The summed E-state index contributed by atoms with van der Waals surface area (Å²) in [6.45, 7) is 8.73. The predicted octanol–water partition coefficient (Wildman–Crippen LogP) is 4.77. The number of carbonyl (C=O) groups is 1. The molecule has 1 heterocycles. The Morgan fingerprint density at radius 2 is 1.89 bits per heavy atom. The van der Waals surface area contributed by atoms with Crippen LogP contribution in [-0.2, 0) is 6.54 Å². The van der Waals surface area contributed by atoms with E-state index in [-0.39, 0.29) is 0 Å². The smallest absolute Gasteiger partial charge is 0.287 e. The van der Waals surface area contributed by atoms with E-state index in [0.29, 0.717) is 34.3 Å². The first kappa shape index (κ1) is 19.9. The van der Waals surface area contributed by atoms with Crippen LogP contribution in [-0.4, -0.2) is 24.7 Å². The number of carbonyl (C=O) groups excluding carboxylic acids is 1. The van der Waals surface area contributed by atoms with Crippen molar-refractivity contribution in [2.24, 2.45) is 4.99 Å². The number of aromatic nitrogens is 1. The van der Waals surface area contributed by atoms with E-state index < -0.39 is 5.91 Å². The Bertz CT molecular complexity index is 1070. The Morgan fingerprint density at radius 1 is 1.21 bits per heavy atom. The topological polar surface area (TPSA) is 52.8 Å². The highest BCUT2D eigenvalue weighted by Gasteiger charge is 2.18. The van der Waals surface area contributed by atoms with Gasteiger partial charge in [-0.25, -0.2) is 0 Å². The van der Waals surface area contributed by atoms with Gasteiger partial charge in [-0.3, -0.25) is 4.79 Å². The lowest BCUT2D eigenvalue weighted by molar-refractivity contribution is 0.0992. The van der Waals surface area contributed by atoms with Crippen LogP contribution >= 0.6 is 11.3 Å². The molecule has 3 rings (SSSR count). The van der Waals surface area contributed by atoms with E-state index in [1.807, 2.05) is 4.57 Å². The molecule has 0 spiro atoms. The zero-order valence-corrected chi connectivity index (χ0v) is 17.4. The molecule has 0 saturated heterocycles. The third-order valence-electron chi connectivity index (χ3n) is 4.52. The van der Waals surface area contributed by atoms with Gasteiger partial charge in [0, 0.05) is 6.54 Å². The summed E-state index contributed by atoms with van der Waals surface area (Å²) in [5.74, 6) is 0.903. The zero-order chi connectivity index (χ0) is 20.3. The minimum atomic E-state index is -0.400. The number of hydrogen-bond donors (Lipinski definition) is 0. The quantitative estimate of drug-likeness (QED) is 0.564. The summed E-state index contributed by atoms with van der Waals surface area (Å²) in [6.07, 6.45) is 1.80.